The molecular formula is C14H20N2O4. The van der Waals surface area contributed by atoms with Crippen LogP contribution < -0.4 is 5.32 Å². The molecule has 3 unspecified atom stereocenters. The van der Waals surface area contributed by atoms with Crippen molar-refractivity contribution in [2.24, 2.45) is 17.8 Å². The van der Waals surface area contributed by atoms with Gasteiger partial charge < -0.3 is 14.8 Å². The number of amides is 1. The van der Waals surface area contributed by atoms with E-state index in [9.17, 15) is 9.59 Å². The maximum atomic E-state index is 12.1. The lowest BCUT2D eigenvalue weighted by atomic mass is 9.95. The summed E-state index contributed by atoms with van der Waals surface area (Å²) in [5.74, 6) is -0.665. The van der Waals surface area contributed by atoms with Gasteiger partial charge in [0.25, 0.3) is 0 Å². The summed E-state index contributed by atoms with van der Waals surface area (Å²) >= 11 is 0. The number of nitrogens with zero attached hydrogens (tertiary/aromatic N) is 1. The maximum absolute atomic E-state index is 12.1. The van der Waals surface area contributed by atoms with Gasteiger partial charge in [-0.3, -0.25) is 9.59 Å². The van der Waals surface area contributed by atoms with Gasteiger partial charge >= 0.3 is 5.97 Å². The van der Waals surface area contributed by atoms with E-state index >= 15 is 0 Å². The highest BCUT2D eigenvalue weighted by atomic mass is 16.4. The smallest absolute Gasteiger partial charge is 0.307 e. The van der Waals surface area contributed by atoms with Gasteiger partial charge in [-0.05, 0) is 18.8 Å². The second-order valence-corrected chi connectivity index (χ2v) is 5.42. The third-order valence-corrected chi connectivity index (χ3v) is 3.82. The Balaban J connectivity index is 1.92. The van der Waals surface area contributed by atoms with E-state index in [0.717, 1.165) is 12.2 Å². The van der Waals surface area contributed by atoms with Crippen LogP contribution in [0.3, 0.4) is 0 Å². The number of carboxylic acids is 1. The van der Waals surface area contributed by atoms with Crippen molar-refractivity contribution >= 4 is 11.9 Å². The van der Waals surface area contributed by atoms with Crippen molar-refractivity contribution in [1.82, 2.24) is 10.3 Å². The third kappa shape index (κ3) is 3.18. The number of rotatable bonds is 5. The van der Waals surface area contributed by atoms with Crippen LogP contribution in [-0.2, 0) is 22.6 Å². The van der Waals surface area contributed by atoms with Crippen LogP contribution in [0.25, 0.3) is 0 Å². The van der Waals surface area contributed by atoms with Crippen molar-refractivity contribution < 1.29 is 19.1 Å². The van der Waals surface area contributed by atoms with Crippen LogP contribution in [-0.4, -0.2) is 22.0 Å². The molecule has 2 N–H and O–H groups in total. The lowest BCUT2D eigenvalue weighted by Crippen LogP contribution is -2.35. The molecule has 110 valence electrons. The van der Waals surface area contributed by atoms with Crippen LogP contribution in [0.5, 0.6) is 0 Å². The highest BCUT2D eigenvalue weighted by molar-refractivity contribution is 5.85. The Labute approximate surface area is 117 Å². The van der Waals surface area contributed by atoms with Crippen LogP contribution in [0.15, 0.2) is 10.6 Å². The molecule has 1 fully saturated rings. The average molecular weight is 280 g/mol. The molecule has 0 saturated heterocycles. The second kappa shape index (κ2) is 6.07. The maximum Gasteiger partial charge on any atom is 0.307 e. The van der Waals surface area contributed by atoms with E-state index in [0.29, 0.717) is 18.7 Å². The fraction of sp³-hybridized carbons (Fsp3) is 0.643. The Kier molecular flexibility index (Phi) is 4.42. The summed E-state index contributed by atoms with van der Waals surface area (Å²) in [4.78, 5) is 27.3. The van der Waals surface area contributed by atoms with Gasteiger partial charge in [0, 0.05) is 6.42 Å². The van der Waals surface area contributed by atoms with Crippen LogP contribution in [0, 0.1) is 17.8 Å². The molecular weight excluding hydrogens is 260 g/mol. The van der Waals surface area contributed by atoms with E-state index in [4.69, 9.17) is 9.52 Å². The Hall–Kier alpha value is -1.85. The molecule has 1 saturated carbocycles. The summed E-state index contributed by atoms with van der Waals surface area (Å²) < 4.78 is 5.40. The molecule has 20 heavy (non-hydrogen) atoms. The summed E-state index contributed by atoms with van der Waals surface area (Å²) in [7, 11) is 0. The molecule has 3 atom stereocenters. The molecule has 0 aromatic carbocycles. The van der Waals surface area contributed by atoms with Crippen LogP contribution in [0.1, 0.15) is 38.3 Å². The summed E-state index contributed by atoms with van der Waals surface area (Å²) in [6, 6.07) is 0. The van der Waals surface area contributed by atoms with E-state index in [1.165, 1.54) is 0 Å². The number of carboxylic acid groups (broad SMARTS) is 1. The van der Waals surface area contributed by atoms with Crippen molar-refractivity contribution in [3.8, 4) is 0 Å². The number of hydrogen-bond donors (Lipinski definition) is 2. The lowest BCUT2D eigenvalue weighted by Gasteiger charge is -2.14. The van der Waals surface area contributed by atoms with Crippen molar-refractivity contribution in [2.45, 2.75) is 39.7 Å². The molecule has 6 nitrogen and oxygen atoms in total. The predicted molar refractivity (Wildman–Crippen MR) is 70.7 cm³/mol. The first kappa shape index (κ1) is 14.6. The predicted octanol–water partition coefficient (Wildman–Crippen LogP) is 1.60. The van der Waals surface area contributed by atoms with Gasteiger partial charge in [-0.15, -0.1) is 0 Å². The molecule has 1 aromatic heterocycles. The minimum atomic E-state index is -0.890. The Morgan fingerprint density at radius 3 is 2.75 bits per heavy atom. The Morgan fingerprint density at radius 1 is 1.45 bits per heavy atom. The highest BCUT2D eigenvalue weighted by Gasteiger charge is 2.41. The van der Waals surface area contributed by atoms with Gasteiger partial charge in [-0.2, -0.15) is 0 Å². The van der Waals surface area contributed by atoms with Gasteiger partial charge in [0.2, 0.25) is 11.8 Å². The van der Waals surface area contributed by atoms with Gasteiger partial charge in [0.1, 0.15) is 5.76 Å². The van der Waals surface area contributed by atoms with Crippen LogP contribution in [0.4, 0.5) is 0 Å². The summed E-state index contributed by atoms with van der Waals surface area (Å²) in [5, 5.41) is 11.9. The van der Waals surface area contributed by atoms with E-state index < -0.39 is 17.8 Å². The number of nitrogens with one attached hydrogen (secondary N) is 1. The van der Waals surface area contributed by atoms with Gasteiger partial charge in [0.15, 0.2) is 0 Å². The molecule has 1 amide bonds. The average Bonchev–Trinajstić information content (AvgIpc) is 3.02. The monoisotopic (exact) mass is 280 g/mol. The number of aromatic nitrogens is 1. The minimum Gasteiger partial charge on any atom is -0.481 e. The zero-order chi connectivity index (χ0) is 14.7. The summed E-state index contributed by atoms with van der Waals surface area (Å²) in [5.41, 5.74) is 0. The van der Waals surface area contributed by atoms with Gasteiger partial charge in [-0.1, -0.05) is 13.8 Å². The lowest BCUT2D eigenvalue weighted by molar-refractivity contribution is -0.146. The fourth-order valence-corrected chi connectivity index (χ4v) is 2.74. The van der Waals surface area contributed by atoms with Crippen molar-refractivity contribution in [1.29, 1.82) is 0 Å². The molecule has 6 heteroatoms. The first-order chi connectivity index (χ1) is 9.51. The van der Waals surface area contributed by atoms with E-state index in [1.807, 2.05) is 13.8 Å². The van der Waals surface area contributed by atoms with Crippen molar-refractivity contribution in [3.63, 3.8) is 0 Å². The Morgan fingerprint density at radius 2 is 2.15 bits per heavy atom. The first-order valence-corrected chi connectivity index (χ1v) is 6.95. The Bertz CT molecular complexity index is 497. The largest absolute Gasteiger partial charge is 0.481 e. The molecule has 2 rings (SSSR count). The quantitative estimate of drug-likeness (QED) is 0.854. The standard InChI is InChI=1S/C14H20N2O4/c1-3-9-6-15-12(20-9)7-16-13(17)10-4-8(2)5-11(10)14(18)19/h6,8,10-11H,3-5,7H2,1-2H3,(H,16,17)(H,18,19). The number of aliphatic carboxylic acids is 1. The molecule has 0 bridgehead atoms. The zero-order valence-corrected chi connectivity index (χ0v) is 11.8. The number of carbonyl (C=O) groups is 2. The topological polar surface area (TPSA) is 92.4 Å². The molecule has 1 aromatic rings. The van der Waals surface area contributed by atoms with Crippen molar-refractivity contribution in [2.75, 3.05) is 0 Å². The molecule has 0 aliphatic heterocycles. The molecule has 0 radical (unpaired) electrons. The van der Waals surface area contributed by atoms with Gasteiger partial charge in [-0.25, -0.2) is 4.98 Å². The number of aryl methyl sites for hydroxylation is 1. The second-order valence-electron chi connectivity index (χ2n) is 5.42. The number of oxazole rings is 1. The van der Waals surface area contributed by atoms with E-state index in [1.54, 1.807) is 6.20 Å². The summed E-state index contributed by atoms with van der Waals surface area (Å²) in [6.45, 7) is 4.14. The molecule has 1 aliphatic rings. The SMILES string of the molecule is CCc1cnc(CNC(=O)C2CC(C)CC2C(=O)O)o1. The van der Waals surface area contributed by atoms with Gasteiger partial charge in [0.05, 0.1) is 24.6 Å². The molecule has 0 spiro atoms. The van der Waals surface area contributed by atoms with E-state index in [2.05, 4.69) is 10.3 Å². The normalized spacial score (nSPS) is 25.6. The summed E-state index contributed by atoms with van der Waals surface area (Å²) in [6.07, 6.45) is 3.57. The third-order valence-electron chi connectivity index (χ3n) is 3.82. The molecule has 1 heterocycles. The van der Waals surface area contributed by atoms with Crippen LogP contribution >= 0.6 is 0 Å². The first-order valence-electron chi connectivity index (χ1n) is 6.95. The minimum absolute atomic E-state index is 0.204. The molecule has 1 aliphatic carbocycles. The van der Waals surface area contributed by atoms with E-state index in [-0.39, 0.29) is 18.4 Å². The zero-order valence-electron chi connectivity index (χ0n) is 11.8. The highest BCUT2D eigenvalue weighted by Crippen LogP contribution is 2.36. The van der Waals surface area contributed by atoms with Crippen LogP contribution in [0.2, 0.25) is 0 Å². The fourth-order valence-electron chi connectivity index (χ4n) is 2.74. The number of carbonyl (C=O) groups excluding carboxylic acids is 1. The number of hydrogen-bond acceptors (Lipinski definition) is 4. The van der Waals surface area contributed by atoms with Crippen molar-refractivity contribution in [3.05, 3.63) is 17.8 Å².